The second-order valence-electron chi connectivity index (χ2n) is 7.34. The Morgan fingerprint density at radius 2 is 1.70 bits per heavy atom. The molecule has 8 heteroatoms. The van der Waals surface area contributed by atoms with Crippen LogP contribution in [0.5, 0.6) is 0 Å². The third-order valence-electron chi connectivity index (χ3n) is 5.09. The van der Waals surface area contributed by atoms with Crippen molar-refractivity contribution in [2.75, 3.05) is 5.32 Å². The van der Waals surface area contributed by atoms with Gasteiger partial charge in [0, 0.05) is 5.69 Å². The van der Waals surface area contributed by atoms with Gasteiger partial charge in [-0.05, 0) is 62.6 Å². The summed E-state index contributed by atoms with van der Waals surface area (Å²) in [5.74, 6) is -0.567. The fraction of sp³-hybridized carbons (Fsp3) is 0.318. The molecule has 0 spiro atoms. The average Bonchev–Trinajstić information content (AvgIpc) is 2.66. The SMILES string of the molecule is CCC(C(=O)Nc1ccc(C)cc1)n1c(=O)c(C(F)(F)F)nc2cc(C)c(C)cc21. The molecule has 5 nitrogen and oxygen atoms in total. The van der Waals surface area contributed by atoms with Crippen LogP contribution < -0.4 is 10.9 Å². The van der Waals surface area contributed by atoms with E-state index in [4.69, 9.17) is 0 Å². The van der Waals surface area contributed by atoms with Crippen LogP contribution in [0, 0.1) is 20.8 Å². The number of anilines is 1. The first kappa shape index (κ1) is 21.5. The maximum absolute atomic E-state index is 13.5. The quantitative estimate of drug-likeness (QED) is 0.655. The Labute approximate surface area is 171 Å². The van der Waals surface area contributed by atoms with E-state index in [9.17, 15) is 22.8 Å². The summed E-state index contributed by atoms with van der Waals surface area (Å²) in [6.45, 7) is 7.08. The van der Waals surface area contributed by atoms with Crippen molar-refractivity contribution < 1.29 is 18.0 Å². The Kier molecular flexibility index (Phi) is 5.70. The van der Waals surface area contributed by atoms with Gasteiger partial charge in [0.05, 0.1) is 11.0 Å². The minimum atomic E-state index is -4.93. The molecule has 1 N–H and O–H groups in total. The van der Waals surface area contributed by atoms with Gasteiger partial charge in [0.15, 0.2) is 0 Å². The standard InChI is InChI=1S/C22H22F3N3O2/c1-5-17(20(29)26-15-8-6-12(2)7-9-15)28-18-11-14(4)13(3)10-16(18)27-19(21(28)30)22(23,24)25/h6-11,17H,5H2,1-4H3,(H,26,29). The maximum Gasteiger partial charge on any atom is 0.438 e. The Bertz CT molecular complexity index is 1170. The van der Waals surface area contributed by atoms with E-state index in [-0.39, 0.29) is 17.5 Å². The number of alkyl halides is 3. The fourth-order valence-corrected chi connectivity index (χ4v) is 3.30. The second kappa shape index (κ2) is 7.93. The van der Waals surface area contributed by atoms with Crippen molar-refractivity contribution in [3.05, 3.63) is 69.1 Å². The lowest BCUT2D eigenvalue weighted by atomic mass is 10.1. The highest BCUT2D eigenvalue weighted by Gasteiger charge is 2.38. The minimum absolute atomic E-state index is 0.0200. The molecular weight excluding hydrogens is 395 g/mol. The van der Waals surface area contributed by atoms with Crippen LogP contribution in [-0.4, -0.2) is 15.5 Å². The van der Waals surface area contributed by atoms with E-state index in [1.807, 2.05) is 6.92 Å². The summed E-state index contributed by atoms with van der Waals surface area (Å²) in [6.07, 6.45) is -4.81. The van der Waals surface area contributed by atoms with Gasteiger partial charge < -0.3 is 5.32 Å². The van der Waals surface area contributed by atoms with Crippen LogP contribution in [-0.2, 0) is 11.0 Å². The summed E-state index contributed by atoms with van der Waals surface area (Å²) >= 11 is 0. The number of fused-ring (bicyclic) bond motifs is 1. The van der Waals surface area contributed by atoms with Gasteiger partial charge in [0.2, 0.25) is 11.6 Å². The summed E-state index contributed by atoms with van der Waals surface area (Å²) in [5, 5.41) is 2.69. The van der Waals surface area contributed by atoms with Crippen LogP contribution in [0.3, 0.4) is 0 Å². The Balaban J connectivity index is 2.21. The second-order valence-corrected chi connectivity index (χ2v) is 7.34. The van der Waals surface area contributed by atoms with Crippen molar-refractivity contribution in [1.29, 1.82) is 0 Å². The highest BCUT2D eigenvalue weighted by atomic mass is 19.4. The highest BCUT2D eigenvalue weighted by molar-refractivity contribution is 5.94. The number of carbonyl (C=O) groups is 1. The number of carbonyl (C=O) groups excluding carboxylic acids is 1. The van der Waals surface area contributed by atoms with Crippen molar-refractivity contribution in [3.8, 4) is 0 Å². The number of rotatable bonds is 4. The van der Waals surface area contributed by atoms with Crippen molar-refractivity contribution in [1.82, 2.24) is 9.55 Å². The average molecular weight is 417 g/mol. The van der Waals surface area contributed by atoms with Gasteiger partial charge >= 0.3 is 6.18 Å². The molecule has 0 aliphatic rings. The molecule has 1 heterocycles. The molecule has 0 fully saturated rings. The molecule has 1 amide bonds. The topological polar surface area (TPSA) is 64.0 Å². The molecular formula is C22H22F3N3O2. The van der Waals surface area contributed by atoms with Crippen LogP contribution in [0.25, 0.3) is 11.0 Å². The summed E-state index contributed by atoms with van der Waals surface area (Å²) in [6, 6.07) is 8.97. The summed E-state index contributed by atoms with van der Waals surface area (Å²) < 4.78 is 41.5. The number of benzene rings is 2. The van der Waals surface area contributed by atoms with Crippen molar-refractivity contribution in [2.45, 2.75) is 46.3 Å². The van der Waals surface area contributed by atoms with Crippen LogP contribution in [0.2, 0.25) is 0 Å². The molecule has 0 aliphatic carbocycles. The zero-order chi connectivity index (χ0) is 22.2. The minimum Gasteiger partial charge on any atom is -0.324 e. The van der Waals surface area contributed by atoms with E-state index in [1.54, 1.807) is 51.1 Å². The Morgan fingerprint density at radius 3 is 2.27 bits per heavy atom. The Morgan fingerprint density at radius 1 is 1.10 bits per heavy atom. The molecule has 0 saturated carbocycles. The largest absolute Gasteiger partial charge is 0.438 e. The summed E-state index contributed by atoms with van der Waals surface area (Å²) in [7, 11) is 0. The molecule has 0 radical (unpaired) electrons. The predicted octanol–water partition coefficient (Wildman–Crippen LogP) is 4.93. The lowest BCUT2D eigenvalue weighted by molar-refractivity contribution is -0.142. The van der Waals surface area contributed by atoms with Gasteiger partial charge in [0.1, 0.15) is 6.04 Å². The lowest BCUT2D eigenvalue weighted by Gasteiger charge is -2.22. The number of aryl methyl sites for hydroxylation is 3. The van der Waals surface area contributed by atoms with Gasteiger partial charge in [-0.2, -0.15) is 13.2 Å². The highest BCUT2D eigenvalue weighted by Crippen LogP contribution is 2.29. The third-order valence-corrected chi connectivity index (χ3v) is 5.09. The molecule has 1 aromatic heterocycles. The number of nitrogens with one attached hydrogen (secondary N) is 1. The van der Waals surface area contributed by atoms with Crippen molar-refractivity contribution >= 4 is 22.6 Å². The lowest BCUT2D eigenvalue weighted by Crippen LogP contribution is -2.37. The zero-order valence-corrected chi connectivity index (χ0v) is 17.1. The molecule has 1 atom stereocenters. The third kappa shape index (κ3) is 4.08. The van der Waals surface area contributed by atoms with E-state index >= 15 is 0 Å². The van der Waals surface area contributed by atoms with Gasteiger partial charge in [-0.15, -0.1) is 0 Å². The molecule has 158 valence electrons. The van der Waals surface area contributed by atoms with Gasteiger partial charge in [-0.1, -0.05) is 24.6 Å². The van der Waals surface area contributed by atoms with Gasteiger partial charge in [0.25, 0.3) is 5.56 Å². The molecule has 3 rings (SSSR count). The molecule has 3 aromatic rings. The van der Waals surface area contributed by atoms with E-state index in [0.717, 1.165) is 21.3 Å². The smallest absolute Gasteiger partial charge is 0.324 e. The van der Waals surface area contributed by atoms with Gasteiger partial charge in [-0.25, -0.2) is 4.98 Å². The van der Waals surface area contributed by atoms with Crippen LogP contribution in [0.1, 0.15) is 41.8 Å². The van der Waals surface area contributed by atoms with Crippen molar-refractivity contribution in [2.24, 2.45) is 0 Å². The van der Waals surface area contributed by atoms with E-state index in [1.165, 1.54) is 6.07 Å². The number of hydrogen-bond donors (Lipinski definition) is 1. The summed E-state index contributed by atoms with van der Waals surface area (Å²) in [4.78, 5) is 29.4. The van der Waals surface area contributed by atoms with Crippen LogP contribution in [0.15, 0.2) is 41.2 Å². The predicted molar refractivity (Wildman–Crippen MR) is 110 cm³/mol. The molecule has 1 unspecified atom stereocenters. The molecule has 0 bridgehead atoms. The maximum atomic E-state index is 13.5. The zero-order valence-electron chi connectivity index (χ0n) is 17.1. The molecule has 0 aliphatic heterocycles. The fourth-order valence-electron chi connectivity index (χ4n) is 3.30. The molecule has 0 saturated heterocycles. The molecule has 2 aromatic carbocycles. The first-order valence-corrected chi connectivity index (χ1v) is 9.51. The first-order valence-electron chi connectivity index (χ1n) is 9.51. The monoisotopic (exact) mass is 417 g/mol. The number of nitrogens with zero attached hydrogens (tertiary/aromatic N) is 2. The van der Waals surface area contributed by atoms with Gasteiger partial charge in [-0.3, -0.25) is 14.2 Å². The molecule has 30 heavy (non-hydrogen) atoms. The van der Waals surface area contributed by atoms with Crippen molar-refractivity contribution in [3.63, 3.8) is 0 Å². The van der Waals surface area contributed by atoms with E-state index in [0.29, 0.717) is 5.69 Å². The first-order chi connectivity index (χ1) is 14.0. The van der Waals surface area contributed by atoms with Crippen LogP contribution >= 0.6 is 0 Å². The number of halogens is 3. The Hall–Kier alpha value is -3.16. The van der Waals surface area contributed by atoms with Crippen LogP contribution in [0.4, 0.5) is 18.9 Å². The van der Waals surface area contributed by atoms with E-state index < -0.39 is 29.4 Å². The normalized spacial score (nSPS) is 12.8. The number of aromatic nitrogens is 2. The number of hydrogen-bond acceptors (Lipinski definition) is 3. The summed E-state index contributed by atoms with van der Waals surface area (Å²) in [5.41, 5.74) is 0.379. The number of amides is 1. The van der Waals surface area contributed by atoms with E-state index in [2.05, 4.69) is 10.3 Å².